The smallest absolute Gasteiger partial charge is 0.338 e. The van der Waals surface area contributed by atoms with Gasteiger partial charge in [-0.05, 0) is 18.6 Å². The van der Waals surface area contributed by atoms with E-state index in [9.17, 15) is 4.79 Å². The molecule has 1 heterocycles. The summed E-state index contributed by atoms with van der Waals surface area (Å²) < 4.78 is 15.8. The van der Waals surface area contributed by atoms with Crippen molar-refractivity contribution in [1.29, 1.82) is 0 Å². The van der Waals surface area contributed by atoms with Crippen molar-refractivity contribution in [3.05, 3.63) is 23.3 Å². The van der Waals surface area contributed by atoms with E-state index in [-0.39, 0.29) is 0 Å². The van der Waals surface area contributed by atoms with Crippen molar-refractivity contribution >= 4 is 11.7 Å². The molecule has 0 amide bonds. The van der Waals surface area contributed by atoms with Crippen LogP contribution in [0.15, 0.2) is 12.1 Å². The number of hydrogen-bond acceptors (Lipinski definition) is 6. The third kappa shape index (κ3) is 4.09. The number of methoxy groups -OCH3 is 1. The zero-order valence-corrected chi connectivity index (χ0v) is 12.6. The van der Waals surface area contributed by atoms with Gasteiger partial charge < -0.3 is 19.9 Å². The number of nitrogens with two attached hydrogens (primary N) is 1. The molecule has 0 radical (unpaired) electrons. The predicted octanol–water partition coefficient (Wildman–Crippen LogP) is 1.07. The summed E-state index contributed by atoms with van der Waals surface area (Å²) in [6, 6.07) is 3.41. The molecule has 1 aromatic carbocycles. The Labute approximate surface area is 124 Å². The monoisotopic (exact) mass is 294 g/mol. The number of morpholine rings is 1. The zero-order valence-electron chi connectivity index (χ0n) is 12.6. The second-order valence-electron chi connectivity index (χ2n) is 4.98. The molecule has 0 saturated carbocycles. The summed E-state index contributed by atoms with van der Waals surface area (Å²) in [6.07, 6.45) is 0. The van der Waals surface area contributed by atoms with Crippen molar-refractivity contribution < 1.29 is 19.0 Å². The van der Waals surface area contributed by atoms with Gasteiger partial charge in [0.25, 0.3) is 0 Å². The molecular weight excluding hydrogens is 272 g/mol. The van der Waals surface area contributed by atoms with Crippen molar-refractivity contribution in [2.24, 2.45) is 0 Å². The van der Waals surface area contributed by atoms with Gasteiger partial charge in [0, 0.05) is 31.4 Å². The number of carbonyl (C=O) groups excluding carboxylic acids is 1. The third-order valence-electron chi connectivity index (χ3n) is 3.61. The first kappa shape index (κ1) is 15.6. The molecule has 0 bridgehead atoms. The molecule has 0 spiro atoms. The standard InChI is InChI=1S/C15H22N2O4/c1-11-13(15(18)19-2)9-12(10-14(11)16)21-8-5-17-3-6-20-7-4-17/h9-10H,3-8,16H2,1-2H3. The Hall–Kier alpha value is -1.79. The van der Waals surface area contributed by atoms with E-state index < -0.39 is 5.97 Å². The van der Waals surface area contributed by atoms with Crippen LogP contribution in [0.2, 0.25) is 0 Å². The van der Waals surface area contributed by atoms with Crippen molar-refractivity contribution in [3.63, 3.8) is 0 Å². The summed E-state index contributed by atoms with van der Waals surface area (Å²) >= 11 is 0. The summed E-state index contributed by atoms with van der Waals surface area (Å²) in [5.74, 6) is 0.185. The number of anilines is 1. The first-order valence-electron chi connectivity index (χ1n) is 7.03. The first-order valence-corrected chi connectivity index (χ1v) is 7.03. The van der Waals surface area contributed by atoms with Crippen molar-refractivity contribution in [2.45, 2.75) is 6.92 Å². The Morgan fingerprint density at radius 2 is 2.10 bits per heavy atom. The number of ether oxygens (including phenoxy) is 3. The number of nitrogen functional groups attached to an aromatic ring is 1. The Bertz CT molecular complexity index is 499. The number of benzene rings is 1. The van der Waals surface area contributed by atoms with E-state index in [1.807, 2.05) is 0 Å². The van der Waals surface area contributed by atoms with E-state index in [0.717, 1.165) is 32.8 Å². The van der Waals surface area contributed by atoms with Gasteiger partial charge in [-0.1, -0.05) is 0 Å². The second-order valence-corrected chi connectivity index (χ2v) is 4.98. The van der Waals surface area contributed by atoms with E-state index in [0.29, 0.717) is 29.2 Å². The average molecular weight is 294 g/mol. The molecule has 2 rings (SSSR count). The molecule has 1 aromatic rings. The van der Waals surface area contributed by atoms with Crippen LogP contribution >= 0.6 is 0 Å². The number of nitrogens with zero attached hydrogens (tertiary/aromatic N) is 1. The average Bonchev–Trinajstić information content (AvgIpc) is 2.51. The highest BCUT2D eigenvalue weighted by Gasteiger charge is 2.14. The highest BCUT2D eigenvalue weighted by atomic mass is 16.5. The third-order valence-corrected chi connectivity index (χ3v) is 3.61. The van der Waals surface area contributed by atoms with E-state index in [1.54, 1.807) is 19.1 Å². The first-order chi connectivity index (χ1) is 10.1. The van der Waals surface area contributed by atoms with Crippen LogP contribution in [0.3, 0.4) is 0 Å². The number of esters is 1. The summed E-state index contributed by atoms with van der Waals surface area (Å²) in [5.41, 5.74) is 7.59. The van der Waals surface area contributed by atoms with Crippen LogP contribution in [0.1, 0.15) is 15.9 Å². The van der Waals surface area contributed by atoms with Crippen LogP contribution in [-0.4, -0.2) is 57.4 Å². The minimum atomic E-state index is -0.405. The fraction of sp³-hybridized carbons (Fsp3) is 0.533. The fourth-order valence-electron chi connectivity index (χ4n) is 2.23. The van der Waals surface area contributed by atoms with Gasteiger partial charge in [-0.3, -0.25) is 4.90 Å². The molecule has 116 valence electrons. The molecule has 21 heavy (non-hydrogen) atoms. The molecule has 0 atom stereocenters. The number of hydrogen-bond donors (Lipinski definition) is 1. The van der Waals surface area contributed by atoms with Crippen molar-refractivity contribution in [3.8, 4) is 5.75 Å². The molecule has 0 unspecified atom stereocenters. The van der Waals surface area contributed by atoms with Gasteiger partial charge in [0.15, 0.2) is 0 Å². The van der Waals surface area contributed by atoms with Crippen LogP contribution in [0.4, 0.5) is 5.69 Å². The summed E-state index contributed by atoms with van der Waals surface area (Å²) in [6.45, 7) is 6.54. The lowest BCUT2D eigenvalue weighted by molar-refractivity contribution is 0.0322. The Morgan fingerprint density at radius 3 is 2.76 bits per heavy atom. The van der Waals surface area contributed by atoms with E-state index in [4.69, 9.17) is 19.9 Å². The maximum Gasteiger partial charge on any atom is 0.338 e. The Kier molecular flexibility index (Phi) is 5.41. The van der Waals surface area contributed by atoms with Crippen LogP contribution in [0.5, 0.6) is 5.75 Å². The van der Waals surface area contributed by atoms with Gasteiger partial charge in [-0.15, -0.1) is 0 Å². The Morgan fingerprint density at radius 1 is 1.38 bits per heavy atom. The molecule has 6 nitrogen and oxygen atoms in total. The molecule has 1 fully saturated rings. The largest absolute Gasteiger partial charge is 0.492 e. The van der Waals surface area contributed by atoms with Gasteiger partial charge in [-0.25, -0.2) is 4.79 Å². The van der Waals surface area contributed by atoms with Crippen LogP contribution in [-0.2, 0) is 9.47 Å². The van der Waals surface area contributed by atoms with Gasteiger partial charge in [0.2, 0.25) is 0 Å². The normalized spacial score (nSPS) is 15.7. The number of carbonyl (C=O) groups is 1. The second kappa shape index (κ2) is 7.28. The highest BCUT2D eigenvalue weighted by Crippen LogP contribution is 2.24. The molecular formula is C15H22N2O4. The molecule has 2 N–H and O–H groups in total. The summed E-state index contributed by atoms with van der Waals surface area (Å²) in [7, 11) is 1.35. The molecule has 6 heteroatoms. The summed E-state index contributed by atoms with van der Waals surface area (Å²) in [4.78, 5) is 14.0. The SMILES string of the molecule is COC(=O)c1cc(OCCN2CCOCC2)cc(N)c1C. The predicted molar refractivity (Wildman–Crippen MR) is 79.7 cm³/mol. The number of rotatable bonds is 5. The topological polar surface area (TPSA) is 74.0 Å². The van der Waals surface area contributed by atoms with Gasteiger partial charge >= 0.3 is 5.97 Å². The molecule has 1 saturated heterocycles. The molecule has 0 aliphatic carbocycles. The van der Waals surface area contributed by atoms with Crippen molar-refractivity contribution in [2.75, 3.05) is 52.3 Å². The van der Waals surface area contributed by atoms with E-state index >= 15 is 0 Å². The lowest BCUT2D eigenvalue weighted by Crippen LogP contribution is -2.38. The lowest BCUT2D eigenvalue weighted by atomic mass is 10.1. The lowest BCUT2D eigenvalue weighted by Gasteiger charge is -2.26. The molecule has 1 aliphatic rings. The van der Waals surface area contributed by atoms with E-state index in [2.05, 4.69) is 4.90 Å². The highest BCUT2D eigenvalue weighted by molar-refractivity contribution is 5.93. The summed E-state index contributed by atoms with van der Waals surface area (Å²) in [5, 5.41) is 0. The van der Waals surface area contributed by atoms with E-state index in [1.165, 1.54) is 7.11 Å². The van der Waals surface area contributed by atoms with Crippen LogP contribution in [0, 0.1) is 6.92 Å². The van der Waals surface area contributed by atoms with Gasteiger partial charge in [-0.2, -0.15) is 0 Å². The Balaban J connectivity index is 1.96. The molecule has 0 aromatic heterocycles. The van der Waals surface area contributed by atoms with Crippen LogP contribution < -0.4 is 10.5 Å². The zero-order chi connectivity index (χ0) is 15.2. The van der Waals surface area contributed by atoms with Crippen molar-refractivity contribution in [1.82, 2.24) is 4.90 Å². The van der Waals surface area contributed by atoms with Crippen LogP contribution in [0.25, 0.3) is 0 Å². The minimum absolute atomic E-state index is 0.405. The quantitative estimate of drug-likeness (QED) is 0.647. The maximum absolute atomic E-state index is 11.7. The van der Waals surface area contributed by atoms with Gasteiger partial charge in [0.05, 0.1) is 25.9 Å². The van der Waals surface area contributed by atoms with Gasteiger partial charge in [0.1, 0.15) is 12.4 Å². The minimum Gasteiger partial charge on any atom is -0.492 e. The fourth-order valence-corrected chi connectivity index (χ4v) is 2.23. The maximum atomic E-state index is 11.7. The molecule has 1 aliphatic heterocycles.